The molecule has 0 amide bonds. The van der Waals surface area contributed by atoms with Gasteiger partial charge in [-0.15, -0.1) is 12.6 Å². The van der Waals surface area contributed by atoms with Crippen molar-refractivity contribution in [2.75, 3.05) is 0 Å². The zero-order valence-corrected chi connectivity index (χ0v) is 16.4. The molecular formula is C22H19N3O2S. The summed E-state index contributed by atoms with van der Waals surface area (Å²) in [5, 5.41) is 0. The van der Waals surface area contributed by atoms with Gasteiger partial charge in [-0.25, -0.2) is 9.97 Å². The summed E-state index contributed by atoms with van der Waals surface area (Å²) in [6.45, 7) is 3.32. The maximum atomic E-state index is 11.2. The van der Waals surface area contributed by atoms with E-state index in [2.05, 4.69) is 29.7 Å². The van der Waals surface area contributed by atoms with Crippen LogP contribution in [0, 0.1) is 6.92 Å². The minimum absolute atomic E-state index is 0.364. The summed E-state index contributed by atoms with van der Waals surface area (Å²) >= 11 is 4.34. The van der Waals surface area contributed by atoms with E-state index in [1.54, 1.807) is 0 Å². The van der Waals surface area contributed by atoms with Gasteiger partial charge in [0.1, 0.15) is 0 Å². The van der Waals surface area contributed by atoms with Crippen molar-refractivity contribution in [1.82, 2.24) is 14.4 Å². The fraction of sp³-hybridized carbons (Fsp3) is 0.136. The van der Waals surface area contributed by atoms with Crippen molar-refractivity contribution in [3.63, 3.8) is 0 Å². The van der Waals surface area contributed by atoms with Gasteiger partial charge in [-0.2, -0.15) is 0 Å². The highest BCUT2D eigenvalue weighted by Gasteiger charge is 2.17. The van der Waals surface area contributed by atoms with Crippen molar-refractivity contribution in [1.29, 1.82) is 0 Å². The molecule has 2 aromatic carbocycles. The van der Waals surface area contributed by atoms with Crippen LogP contribution in [0.2, 0.25) is 0 Å². The van der Waals surface area contributed by atoms with Crippen molar-refractivity contribution in [2.45, 2.75) is 19.3 Å². The van der Waals surface area contributed by atoms with Crippen molar-refractivity contribution < 1.29 is 9.53 Å². The largest absolute Gasteiger partial charge is 0.447 e. The second-order valence-electron chi connectivity index (χ2n) is 6.50. The normalized spacial score (nSPS) is 12.1. The summed E-state index contributed by atoms with van der Waals surface area (Å²) < 4.78 is 7.14. The van der Waals surface area contributed by atoms with Crippen LogP contribution in [0.25, 0.3) is 28.3 Å². The van der Waals surface area contributed by atoms with E-state index in [1.165, 1.54) is 6.92 Å². The molecule has 4 aromatic rings. The Morgan fingerprint density at radius 1 is 1.00 bits per heavy atom. The Morgan fingerprint density at radius 3 is 2.39 bits per heavy atom. The second-order valence-corrected chi connectivity index (χ2v) is 6.97. The first-order chi connectivity index (χ1) is 13.5. The Labute approximate surface area is 168 Å². The Kier molecular flexibility index (Phi) is 4.88. The first-order valence-corrected chi connectivity index (χ1v) is 9.41. The number of nitrogens with zero attached hydrogens (tertiary/aromatic N) is 3. The molecular weight excluding hydrogens is 370 g/mol. The van der Waals surface area contributed by atoms with Gasteiger partial charge in [-0.1, -0.05) is 54.6 Å². The van der Waals surface area contributed by atoms with E-state index in [9.17, 15) is 4.79 Å². The second kappa shape index (κ2) is 7.48. The first kappa shape index (κ1) is 18.3. The number of aryl methyl sites for hydroxylation is 1. The summed E-state index contributed by atoms with van der Waals surface area (Å²) in [6, 6.07) is 19.8. The number of benzene rings is 2. The van der Waals surface area contributed by atoms with Crippen molar-refractivity contribution in [2.24, 2.45) is 0 Å². The monoisotopic (exact) mass is 389 g/mol. The van der Waals surface area contributed by atoms with Crippen LogP contribution in [-0.2, 0) is 9.53 Å². The van der Waals surface area contributed by atoms with Crippen LogP contribution in [0.4, 0.5) is 0 Å². The fourth-order valence-electron chi connectivity index (χ4n) is 3.12. The van der Waals surface area contributed by atoms with Crippen LogP contribution >= 0.6 is 12.6 Å². The van der Waals surface area contributed by atoms with Gasteiger partial charge in [0, 0.05) is 35.5 Å². The number of esters is 1. The molecule has 0 aliphatic carbocycles. The number of fused-ring (bicyclic) bond motifs is 1. The number of thiol groups is 1. The highest BCUT2D eigenvalue weighted by Crippen LogP contribution is 2.33. The third kappa shape index (κ3) is 3.51. The highest BCUT2D eigenvalue weighted by molar-refractivity contribution is 7.80. The predicted molar refractivity (Wildman–Crippen MR) is 112 cm³/mol. The van der Waals surface area contributed by atoms with Gasteiger partial charge in [-0.05, 0) is 13.0 Å². The molecule has 0 aliphatic heterocycles. The summed E-state index contributed by atoms with van der Waals surface area (Å²) in [6.07, 6.45) is 2.00. The predicted octanol–water partition coefficient (Wildman–Crippen LogP) is 4.86. The molecule has 0 bridgehead atoms. The smallest absolute Gasteiger partial charge is 0.304 e. The lowest BCUT2D eigenvalue weighted by molar-refractivity contribution is -0.142. The average Bonchev–Trinajstić information content (AvgIpc) is 3.06. The number of carbonyl (C=O) groups is 1. The van der Waals surface area contributed by atoms with Crippen LogP contribution in [0.3, 0.4) is 0 Å². The molecule has 6 heteroatoms. The quantitative estimate of drug-likeness (QED) is 0.308. The van der Waals surface area contributed by atoms with Gasteiger partial charge in [0.2, 0.25) is 5.78 Å². The van der Waals surface area contributed by atoms with Gasteiger partial charge < -0.3 is 4.74 Å². The SMILES string of the molecule is CC(=O)OC(S)c1ccc(-c2nc3nc(C)ccn3c2-c2ccccc2)cc1. The third-order valence-corrected chi connectivity index (χ3v) is 4.83. The minimum atomic E-state index is -0.592. The van der Waals surface area contributed by atoms with E-state index in [-0.39, 0.29) is 5.97 Å². The molecule has 0 spiro atoms. The number of rotatable bonds is 4. The number of aromatic nitrogens is 3. The highest BCUT2D eigenvalue weighted by atomic mass is 32.1. The first-order valence-electron chi connectivity index (χ1n) is 8.89. The van der Waals surface area contributed by atoms with E-state index >= 15 is 0 Å². The Hall–Kier alpha value is -3.12. The molecule has 1 atom stereocenters. The van der Waals surface area contributed by atoms with E-state index in [4.69, 9.17) is 9.72 Å². The zero-order valence-electron chi connectivity index (χ0n) is 15.5. The Bertz CT molecular complexity index is 1140. The van der Waals surface area contributed by atoms with Crippen LogP contribution < -0.4 is 0 Å². The maximum absolute atomic E-state index is 11.2. The number of hydrogen-bond acceptors (Lipinski definition) is 5. The topological polar surface area (TPSA) is 56.5 Å². The van der Waals surface area contributed by atoms with Gasteiger partial charge >= 0.3 is 5.97 Å². The molecule has 0 radical (unpaired) electrons. The lowest BCUT2D eigenvalue weighted by Gasteiger charge is -2.12. The molecule has 0 saturated heterocycles. The Balaban J connectivity index is 1.83. The molecule has 0 saturated carbocycles. The molecule has 140 valence electrons. The number of carbonyl (C=O) groups excluding carboxylic acids is 1. The number of ether oxygens (including phenoxy) is 1. The fourth-order valence-corrected chi connectivity index (χ4v) is 3.44. The standard InChI is InChI=1S/C22H19N3O2S/c1-14-12-13-25-20(17-6-4-3-5-7-17)19(24-22(25)23-14)16-8-10-18(11-9-16)21(28)27-15(2)26/h3-13,21,28H,1-2H3. The minimum Gasteiger partial charge on any atom is -0.447 e. The van der Waals surface area contributed by atoms with Crippen molar-refractivity contribution in [3.05, 3.63) is 78.1 Å². The van der Waals surface area contributed by atoms with E-state index < -0.39 is 5.44 Å². The Morgan fingerprint density at radius 2 is 1.71 bits per heavy atom. The molecule has 0 fully saturated rings. The summed E-state index contributed by atoms with van der Waals surface area (Å²) in [5.41, 5.74) is 4.98. The summed E-state index contributed by atoms with van der Waals surface area (Å²) in [7, 11) is 0. The summed E-state index contributed by atoms with van der Waals surface area (Å²) in [4.78, 5) is 20.5. The van der Waals surface area contributed by atoms with Crippen LogP contribution in [-0.4, -0.2) is 20.3 Å². The van der Waals surface area contributed by atoms with E-state index in [0.717, 1.165) is 33.8 Å². The van der Waals surface area contributed by atoms with Crippen molar-refractivity contribution in [3.8, 4) is 22.5 Å². The molecule has 0 N–H and O–H groups in total. The van der Waals surface area contributed by atoms with Gasteiger partial charge in [0.15, 0.2) is 5.44 Å². The number of imidazole rings is 1. The number of hydrogen-bond donors (Lipinski definition) is 1. The molecule has 28 heavy (non-hydrogen) atoms. The maximum Gasteiger partial charge on any atom is 0.304 e. The molecule has 1 unspecified atom stereocenters. The molecule has 2 aromatic heterocycles. The van der Waals surface area contributed by atoms with Crippen LogP contribution in [0.1, 0.15) is 23.6 Å². The lowest BCUT2D eigenvalue weighted by Crippen LogP contribution is -2.02. The van der Waals surface area contributed by atoms with Crippen molar-refractivity contribution >= 4 is 24.4 Å². The van der Waals surface area contributed by atoms with E-state index in [0.29, 0.717) is 5.78 Å². The zero-order chi connectivity index (χ0) is 19.7. The third-order valence-electron chi connectivity index (χ3n) is 4.43. The molecule has 0 aliphatic rings. The molecule has 4 rings (SSSR count). The van der Waals surface area contributed by atoms with Gasteiger partial charge in [0.25, 0.3) is 0 Å². The molecule has 2 heterocycles. The lowest BCUT2D eigenvalue weighted by atomic mass is 10.0. The molecule has 5 nitrogen and oxygen atoms in total. The summed E-state index contributed by atoms with van der Waals surface area (Å²) in [5.74, 6) is 0.294. The van der Waals surface area contributed by atoms with Gasteiger partial charge in [0.05, 0.1) is 11.4 Å². The van der Waals surface area contributed by atoms with Crippen LogP contribution in [0.15, 0.2) is 66.9 Å². The van der Waals surface area contributed by atoms with E-state index in [1.807, 2.05) is 66.1 Å². The average molecular weight is 389 g/mol. The van der Waals surface area contributed by atoms with Gasteiger partial charge in [-0.3, -0.25) is 9.20 Å². The van der Waals surface area contributed by atoms with Crippen LogP contribution in [0.5, 0.6) is 0 Å².